The first kappa shape index (κ1) is 17.2. The third-order valence-electron chi connectivity index (χ3n) is 3.69. The Morgan fingerprint density at radius 1 is 1.18 bits per heavy atom. The van der Waals surface area contributed by atoms with E-state index in [2.05, 4.69) is 0 Å². The van der Waals surface area contributed by atoms with Crippen LogP contribution < -0.4 is 14.2 Å². The summed E-state index contributed by atoms with van der Waals surface area (Å²) in [4.78, 5) is 0. The molecule has 1 aliphatic heterocycles. The highest BCUT2D eigenvalue weighted by atomic mass is 32.2. The molecule has 2 rings (SSSR count). The van der Waals surface area contributed by atoms with Gasteiger partial charge in [-0.3, -0.25) is 0 Å². The zero-order valence-electron chi connectivity index (χ0n) is 13.4. The molecular formula is C16H24O5S. The van der Waals surface area contributed by atoms with Crippen molar-refractivity contribution in [1.29, 1.82) is 0 Å². The Labute approximate surface area is 135 Å². The number of fused-ring (bicyclic) bond motifs is 1. The largest absolute Gasteiger partial charge is 0.493 e. The molecule has 6 heteroatoms. The van der Waals surface area contributed by atoms with Crippen molar-refractivity contribution >= 4 is 11.8 Å². The van der Waals surface area contributed by atoms with Crippen molar-refractivity contribution in [3.8, 4) is 17.2 Å². The number of methoxy groups -OCH3 is 3. The van der Waals surface area contributed by atoms with Crippen LogP contribution in [0.2, 0.25) is 0 Å². The van der Waals surface area contributed by atoms with Crippen molar-refractivity contribution < 1.29 is 24.1 Å². The van der Waals surface area contributed by atoms with Gasteiger partial charge in [0.1, 0.15) is 0 Å². The van der Waals surface area contributed by atoms with Gasteiger partial charge in [0.05, 0.1) is 46.4 Å². The normalized spacial score (nSPS) is 17.5. The van der Waals surface area contributed by atoms with E-state index < -0.39 is 0 Å². The van der Waals surface area contributed by atoms with Gasteiger partial charge in [0.25, 0.3) is 0 Å². The van der Waals surface area contributed by atoms with E-state index in [0.717, 1.165) is 29.9 Å². The zero-order valence-corrected chi connectivity index (χ0v) is 14.2. The number of rotatable bonds is 7. The molecule has 0 aliphatic carbocycles. The minimum Gasteiger partial charge on any atom is -0.493 e. The van der Waals surface area contributed by atoms with Crippen LogP contribution in [0.3, 0.4) is 0 Å². The van der Waals surface area contributed by atoms with Gasteiger partial charge in [-0.25, -0.2) is 0 Å². The first-order valence-corrected chi connectivity index (χ1v) is 8.43. The zero-order chi connectivity index (χ0) is 15.9. The predicted molar refractivity (Wildman–Crippen MR) is 87.5 cm³/mol. The summed E-state index contributed by atoms with van der Waals surface area (Å²) >= 11 is 1.86. The lowest BCUT2D eigenvalue weighted by molar-refractivity contribution is 0.0928. The van der Waals surface area contributed by atoms with Crippen LogP contribution in [-0.2, 0) is 11.2 Å². The van der Waals surface area contributed by atoms with Gasteiger partial charge in [-0.05, 0) is 30.2 Å². The van der Waals surface area contributed by atoms with E-state index >= 15 is 0 Å². The van der Waals surface area contributed by atoms with Crippen LogP contribution in [0.5, 0.6) is 17.2 Å². The molecule has 124 valence electrons. The van der Waals surface area contributed by atoms with Crippen molar-refractivity contribution in [2.24, 2.45) is 0 Å². The Balaban J connectivity index is 2.45. The van der Waals surface area contributed by atoms with Crippen LogP contribution in [0.25, 0.3) is 0 Å². The van der Waals surface area contributed by atoms with Gasteiger partial charge in [-0.15, -0.1) is 0 Å². The second-order valence-corrected chi connectivity index (χ2v) is 6.29. The van der Waals surface area contributed by atoms with Gasteiger partial charge in [0.2, 0.25) is 5.75 Å². The van der Waals surface area contributed by atoms with E-state index in [1.165, 1.54) is 5.56 Å². The lowest BCUT2D eigenvalue weighted by atomic mass is 9.98. The van der Waals surface area contributed by atoms with E-state index in [-0.39, 0.29) is 11.9 Å². The van der Waals surface area contributed by atoms with Crippen LogP contribution in [0.4, 0.5) is 0 Å². The maximum absolute atomic E-state index is 8.90. The predicted octanol–water partition coefficient (Wildman–Crippen LogP) is 2.44. The van der Waals surface area contributed by atoms with Gasteiger partial charge >= 0.3 is 0 Å². The second kappa shape index (κ2) is 8.50. The van der Waals surface area contributed by atoms with Crippen molar-refractivity contribution in [2.45, 2.75) is 18.1 Å². The average Bonchev–Trinajstić information content (AvgIpc) is 2.75. The van der Waals surface area contributed by atoms with Gasteiger partial charge in [0, 0.05) is 5.56 Å². The van der Waals surface area contributed by atoms with E-state index in [1.807, 2.05) is 17.8 Å². The number of hydrogen-bond acceptors (Lipinski definition) is 6. The SMILES string of the molecule is COc1cc2c(c(OC)c1OC)C(COCCO)SCCC2. The summed E-state index contributed by atoms with van der Waals surface area (Å²) in [5, 5.41) is 9.07. The van der Waals surface area contributed by atoms with Gasteiger partial charge in [-0.2, -0.15) is 11.8 Å². The van der Waals surface area contributed by atoms with E-state index in [1.54, 1.807) is 21.3 Å². The highest BCUT2D eigenvalue weighted by molar-refractivity contribution is 7.99. The molecule has 0 amide bonds. The molecule has 0 saturated carbocycles. The molecule has 1 N–H and O–H groups in total. The number of thioether (sulfide) groups is 1. The fourth-order valence-electron chi connectivity index (χ4n) is 2.75. The van der Waals surface area contributed by atoms with Gasteiger partial charge in [-0.1, -0.05) is 0 Å². The highest BCUT2D eigenvalue weighted by Crippen LogP contribution is 2.49. The summed E-state index contributed by atoms with van der Waals surface area (Å²) in [6, 6.07) is 2.04. The van der Waals surface area contributed by atoms with E-state index in [4.69, 9.17) is 24.1 Å². The first-order chi connectivity index (χ1) is 10.8. The summed E-state index contributed by atoms with van der Waals surface area (Å²) < 4.78 is 22.2. The van der Waals surface area contributed by atoms with Crippen molar-refractivity contribution in [3.63, 3.8) is 0 Å². The number of hydrogen-bond donors (Lipinski definition) is 1. The molecule has 0 saturated heterocycles. The molecule has 1 aromatic rings. The fourth-order valence-corrected chi connectivity index (χ4v) is 3.96. The van der Waals surface area contributed by atoms with E-state index in [9.17, 15) is 0 Å². The average molecular weight is 328 g/mol. The third kappa shape index (κ3) is 3.62. The Morgan fingerprint density at radius 2 is 1.95 bits per heavy atom. The van der Waals surface area contributed by atoms with E-state index in [0.29, 0.717) is 24.7 Å². The number of benzene rings is 1. The molecule has 1 unspecified atom stereocenters. The van der Waals surface area contributed by atoms with Crippen molar-refractivity contribution in [1.82, 2.24) is 0 Å². The minimum atomic E-state index is 0.0350. The third-order valence-corrected chi connectivity index (χ3v) is 4.99. The number of ether oxygens (including phenoxy) is 4. The molecule has 1 atom stereocenters. The minimum absolute atomic E-state index is 0.0350. The topological polar surface area (TPSA) is 57.2 Å². The van der Waals surface area contributed by atoms with Gasteiger partial charge < -0.3 is 24.1 Å². The maximum atomic E-state index is 8.90. The standard InChI is InChI=1S/C16H24O5S/c1-18-12-9-11-5-4-8-22-13(10-21-7-6-17)14(11)16(20-3)15(12)19-2/h9,13,17H,4-8,10H2,1-3H3. The van der Waals surface area contributed by atoms with Crippen molar-refractivity contribution in [2.75, 3.05) is 46.9 Å². The lowest BCUT2D eigenvalue weighted by Crippen LogP contribution is -2.11. The molecule has 0 spiro atoms. The van der Waals surface area contributed by atoms with Crippen molar-refractivity contribution in [3.05, 3.63) is 17.2 Å². The summed E-state index contributed by atoms with van der Waals surface area (Å²) in [6.07, 6.45) is 2.09. The Kier molecular flexibility index (Phi) is 6.67. The lowest BCUT2D eigenvalue weighted by Gasteiger charge is -2.23. The smallest absolute Gasteiger partial charge is 0.203 e. The second-order valence-electron chi connectivity index (χ2n) is 4.98. The highest BCUT2D eigenvalue weighted by Gasteiger charge is 2.28. The molecule has 1 aromatic carbocycles. The van der Waals surface area contributed by atoms with Crippen LogP contribution in [0.1, 0.15) is 22.8 Å². The fraction of sp³-hybridized carbons (Fsp3) is 0.625. The summed E-state index contributed by atoms with van der Waals surface area (Å²) in [5.41, 5.74) is 2.35. The molecule has 0 bridgehead atoms. The van der Waals surface area contributed by atoms with Crippen LogP contribution in [0.15, 0.2) is 6.07 Å². The van der Waals surface area contributed by atoms with Gasteiger partial charge in [0.15, 0.2) is 11.5 Å². The molecule has 1 heterocycles. The van der Waals surface area contributed by atoms with Crippen LogP contribution in [0, 0.1) is 0 Å². The van der Waals surface area contributed by atoms with Crippen LogP contribution >= 0.6 is 11.8 Å². The number of aliphatic hydroxyl groups excluding tert-OH is 1. The molecule has 0 fully saturated rings. The molecule has 22 heavy (non-hydrogen) atoms. The Bertz CT molecular complexity index is 492. The molecule has 1 aliphatic rings. The molecule has 5 nitrogen and oxygen atoms in total. The quantitative estimate of drug-likeness (QED) is 0.776. The molecule has 0 radical (unpaired) electrons. The molecule has 0 aromatic heterocycles. The number of aliphatic hydroxyl groups is 1. The van der Waals surface area contributed by atoms with Crippen LogP contribution in [-0.4, -0.2) is 52.0 Å². The maximum Gasteiger partial charge on any atom is 0.203 e. The summed E-state index contributed by atoms with van der Waals surface area (Å²) in [7, 11) is 4.91. The number of aryl methyl sites for hydroxylation is 1. The summed E-state index contributed by atoms with van der Waals surface area (Å²) in [5.74, 6) is 3.11. The first-order valence-electron chi connectivity index (χ1n) is 7.38. The monoisotopic (exact) mass is 328 g/mol. The summed E-state index contributed by atoms with van der Waals surface area (Å²) in [6.45, 7) is 0.930. The Hall–Kier alpha value is -1.11. The molecular weight excluding hydrogens is 304 g/mol. The Morgan fingerprint density at radius 3 is 2.59 bits per heavy atom.